The summed E-state index contributed by atoms with van der Waals surface area (Å²) in [5.41, 5.74) is 3.41. The van der Waals surface area contributed by atoms with E-state index in [2.05, 4.69) is 15.5 Å². The number of benzene rings is 2. The van der Waals surface area contributed by atoms with Gasteiger partial charge in [0.25, 0.3) is 0 Å². The number of hydrogen-bond donors (Lipinski definition) is 1. The van der Waals surface area contributed by atoms with Gasteiger partial charge in [-0.3, -0.25) is 0 Å². The Bertz CT molecular complexity index is 942. The molecule has 24 heavy (non-hydrogen) atoms. The van der Waals surface area contributed by atoms with Crippen LogP contribution in [0, 0.1) is 11.6 Å². The first kappa shape index (κ1) is 15.0. The van der Waals surface area contributed by atoms with Crippen LogP contribution < -0.4 is 5.32 Å². The molecule has 0 bridgehead atoms. The summed E-state index contributed by atoms with van der Waals surface area (Å²) in [5, 5.41) is 12.6. The Morgan fingerprint density at radius 1 is 1.08 bits per heavy atom. The van der Waals surface area contributed by atoms with Gasteiger partial charge in [-0.15, -0.1) is 10.2 Å². The van der Waals surface area contributed by atoms with Gasteiger partial charge in [0.15, 0.2) is 0 Å². The van der Waals surface area contributed by atoms with Gasteiger partial charge in [-0.1, -0.05) is 35.6 Å². The second-order valence-electron chi connectivity index (χ2n) is 5.45. The molecule has 1 aliphatic carbocycles. The molecule has 1 heterocycles. The van der Waals surface area contributed by atoms with E-state index in [9.17, 15) is 8.78 Å². The minimum absolute atomic E-state index is 0.0292. The number of halogens is 2. The van der Waals surface area contributed by atoms with Crippen molar-refractivity contribution >= 4 is 22.0 Å². The third-order valence-corrected chi connectivity index (χ3v) is 5.03. The van der Waals surface area contributed by atoms with Crippen molar-refractivity contribution < 1.29 is 8.78 Å². The van der Waals surface area contributed by atoms with Gasteiger partial charge in [-0.05, 0) is 41.3 Å². The molecule has 1 aromatic heterocycles. The smallest absolute Gasteiger partial charge is 0.205 e. The average molecular weight is 341 g/mol. The van der Waals surface area contributed by atoms with Gasteiger partial charge in [0.05, 0.1) is 5.56 Å². The lowest BCUT2D eigenvalue weighted by molar-refractivity contribution is 0.577. The molecule has 2 aromatic carbocycles. The largest absolute Gasteiger partial charge is 0.363 e. The van der Waals surface area contributed by atoms with E-state index in [0.717, 1.165) is 26.8 Å². The first-order chi connectivity index (χ1) is 11.7. The molecule has 0 spiro atoms. The maximum absolute atomic E-state index is 14.2. The summed E-state index contributed by atoms with van der Waals surface area (Å²) < 4.78 is 28.3. The van der Waals surface area contributed by atoms with Crippen LogP contribution in [0.5, 0.6) is 0 Å². The first-order valence-electron chi connectivity index (χ1n) is 7.47. The molecule has 1 aliphatic rings. The molecular formula is C18H13F2N3S. The molecule has 1 N–H and O–H groups in total. The zero-order valence-electron chi connectivity index (χ0n) is 12.8. The van der Waals surface area contributed by atoms with Crippen molar-refractivity contribution in [1.82, 2.24) is 10.2 Å². The summed E-state index contributed by atoms with van der Waals surface area (Å²) in [6.45, 7) is 0. The van der Waals surface area contributed by atoms with E-state index < -0.39 is 11.6 Å². The summed E-state index contributed by atoms with van der Waals surface area (Å²) in [4.78, 5) is 0. The van der Waals surface area contributed by atoms with Crippen LogP contribution in [0.2, 0.25) is 0 Å². The van der Waals surface area contributed by atoms with Gasteiger partial charge in [-0.25, -0.2) is 8.78 Å². The Balaban J connectivity index is 1.81. The van der Waals surface area contributed by atoms with E-state index in [1.165, 1.54) is 29.5 Å². The van der Waals surface area contributed by atoms with E-state index in [-0.39, 0.29) is 5.56 Å². The summed E-state index contributed by atoms with van der Waals surface area (Å²) >= 11 is 1.43. The number of nitrogens with one attached hydrogen (secondary N) is 1. The summed E-state index contributed by atoms with van der Waals surface area (Å²) in [6, 6.07) is 9.82. The monoisotopic (exact) mass is 341 g/mol. The van der Waals surface area contributed by atoms with Crippen molar-refractivity contribution in [1.29, 1.82) is 0 Å². The molecule has 4 rings (SSSR count). The molecular weight excluding hydrogens is 328 g/mol. The van der Waals surface area contributed by atoms with Crippen molar-refractivity contribution in [3.8, 4) is 10.6 Å². The number of anilines is 1. The fraction of sp³-hybridized carbons (Fsp3) is 0.111. The van der Waals surface area contributed by atoms with Crippen LogP contribution in [-0.2, 0) is 6.42 Å². The van der Waals surface area contributed by atoms with E-state index in [1.807, 2.05) is 24.3 Å². The maximum atomic E-state index is 14.2. The Labute approximate surface area is 141 Å². The Morgan fingerprint density at radius 3 is 2.58 bits per heavy atom. The molecule has 0 saturated heterocycles. The molecule has 3 aromatic rings. The molecule has 0 unspecified atom stereocenters. The topological polar surface area (TPSA) is 37.8 Å². The van der Waals surface area contributed by atoms with Crippen LogP contribution in [0.4, 0.5) is 13.9 Å². The van der Waals surface area contributed by atoms with E-state index in [0.29, 0.717) is 12.0 Å². The van der Waals surface area contributed by atoms with Gasteiger partial charge in [0, 0.05) is 12.6 Å². The summed E-state index contributed by atoms with van der Waals surface area (Å²) in [6.07, 6.45) is 2.53. The Morgan fingerprint density at radius 2 is 1.88 bits per heavy atom. The average Bonchev–Trinajstić information content (AvgIpc) is 3.21. The molecule has 0 aliphatic heterocycles. The lowest BCUT2D eigenvalue weighted by Crippen LogP contribution is -1.96. The van der Waals surface area contributed by atoms with E-state index >= 15 is 0 Å². The molecule has 120 valence electrons. The zero-order chi connectivity index (χ0) is 16.7. The van der Waals surface area contributed by atoms with Crippen molar-refractivity contribution in [3.05, 3.63) is 70.8 Å². The molecule has 0 atom stereocenters. The second-order valence-corrected chi connectivity index (χ2v) is 6.43. The van der Waals surface area contributed by atoms with Gasteiger partial charge in [0.1, 0.15) is 16.6 Å². The van der Waals surface area contributed by atoms with Gasteiger partial charge in [0.2, 0.25) is 5.13 Å². The minimum Gasteiger partial charge on any atom is -0.363 e. The van der Waals surface area contributed by atoms with Crippen LogP contribution in [0.25, 0.3) is 16.1 Å². The van der Waals surface area contributed by atoms with Crippen LogP contribution in [0.1, 0.15) is 16.7 Å². The number of nitrogens with zero attached hydrogens (tertiary/aromatic N) is 2. The quantitative estimate of drug-likeness (QED) is 0.761. The van der Waals surface area contributed by atoms with Gasteiger partial charge >= 0.3 is 0 Å². The highest BCUT2D eigenvalue weighted by Gasteiger charge is 2.22. The number of fused-ring (bicyclic) bond motifs is 1. The van der Waals surface area contributed by atoms with Gasteiger partial charge in [-0.2, -0.15) is 0 Å². The molecule has 0 amide bonds. The fourth-order valence-corrected chi connectivity index (χ4v) is 3.59. The Kier molecular flexibility index (Phi) is 3.61. The van der Waals surface area contributed by atoms with Crippen molar-refractivity contribution in [2.75, 3.05) is 12.4 Å². The molecule has 0 radical (unpaired) electrons. The highest BCUT2D eigenvalue weighted by atomic mass is 32.1. The minimum atomic E-state index is -0.548. The Hall–Kier alpha value is -2.60. The molecule has 0 fully saturated rings. The van der Waals surface area contributed by atoms with Crippen LogP contribution >= 0.6 is 11.3 Å². The van der Waals surface area contributed by atoms with Crippen molar-refractivity contribution in [2.45, 2.75) is 6.42 Å². The molecule has 0 saturated carbocycles. The predicted octanol–water partition coefficient (Wildman–Crippen LogP) is 4.51. The first-order valence-corrected chi connectivity index (χ1v) is 8.28. The molecule has 6 heteroatoms. The second kappa shape index (κ2) is 5.79. The zero-order valence-corrected chi connectivity index (χ0v) is 13.6. The van der Waals surface area contributed by atoms with Crippen molar-refractivity contribution in [2.24, 2.45) is 0 Å². The highest BCUT2D eigenvalue weighted by Crippen LogP contribution is 2.38. The van der Waals surface area contributed by atoms with Gasteiger partial charge < -0.3 is 5.32 Å². The highest BCUT2D eigenvalue weighted by molar-refractivity contribution is 7.18. The summed E-state index contributed by atoms with van der Waals surface area (Å²) in [7, 11) is 1.79. The van der Waals surface area contributed by atoms with Crippen molar-refractivity contribution in [3.63, 3.8) is 0 Å². The third-order valence-electron chi connectivity index (χ3n) is 4.04. The lowest BCUT2D eigenvalue weighted by Gasteiger charge is -2.10. The number of hydrogen-bond acceptors (Lipinski definition) is 4. The SMILES string of the molecule is CNc1nnc(-c2ccc3c(c2)C(c2c(F)cccc2F)=CC3)s1. The fourth-order valence-electron chi connectivity index (χ4n) is 2.89. The number of rotatable bonds is 3. The third kappa shape index (κ3) is 2.39. The summed E-state index contributed by atoms with van der Waals surface area (Å²) in [5.74, 6) is -1.10. The van der Waals surface area contributed by atoms with E-state index in [1.54, 1.807) is 7.05 Å². The number of aromatic nitrogens is 2. The standard InChI is InChI=1S/C18H13F2N3S/c1-21-18-23-22-17(24-18)11-6-5-10-7-8-12(13(10)9-11)16-14(19)3-2-4-15(16)20/h2-6,8-9H,7H2,1H3,(H,21,23). The lowest BCUT2D eigenvalue weighted by atomic mass is 9.96. The normalized spacial score (nSPS) is 12.9. The van der Waals surface area contributed by atoms with Crippen LogP contribution in [0.3, 0.4) is 0 Å². The maximum Gasteiger partial charge on any atom is 0.205 e. The predicted molar refractivity (Wildman–Crippen MR) is 92.0 cm³/mol. The van der Waals surface area contributed by atoms with Crippen LogP contribution in [-0.4, -0.2) is 17.2 Å². The van der Waals surface area contributed by atoms with Crippen LogP contribution in [0.15, 0.2) is 42.5 Å². The molecule has 3 nitrogen and oxygen atoms in total. The number of allylic oxidation sites excluding steroid dienone is 1. The van der Waals surface area contributed by atoms with E-state index in [4.69, 9.17) is 0 Å².